The molecule has 1 saturated heterocycles. The lowest BCUT2D eigenvalue weighted by Gasteiger charge is -2.15. The lowest BCUT2D eigenvalue weighted by Crippen LogP contribution is -2.23. The van der Waals surface area contributed by atoms with Crippen molar-refractivity contribution in [3.63, 3.8) is 0 Å². The van der Waals surface area contributed by atoms with Crippen LogP contribution in [0.5, 0.6) is 5.75 Å². The molecule has 0 aliphatic carbocycles. The second-order valence-corrected chi connectivity index (χ2v) is 6.97. The number of nitrogens with zero attached hydrogens (tertiary/aromatic N) is 2. The Balaban J connectivity index is 1.73. The lowest BCUT2D eigenvalue weighted by molar-refractivity contribution is -0.130. The van der Waals surface area contributed by atoms with Gasteiger partial charge in [0.1, 0.15) is 11.6 Å². The smallest absolute Gasteiger partial charge is 0.225 e. The number of ether oxygens (including phenoxy) is 1. The van der Waals surface area contributed by atoms with Gasteiger partial charge in [0, 0.05) is 37.3 Å². The number of benzene rings is 1. The van der Waals surface area contributed by atoms with E-state index in [4.69, 9.17) is 10.5 Å². The van der Waals surface area contributed by atoms with Gasteiger partial charge in [-0.1, -0.05) is 0 Å². The van der Waals surface area contributed by atoms with Crippen molar-refractivity contribution in [2.75, 3.05) is 20.2 Å². The molecule has 1 aliphatic rings. The molecule has 0 saturated carbocycles. The summed E-state index contributed by atoms with van der Waals surface area (Å²) in [5, 5.41) is 0. The van der Waals surface area contributed by atoms with Gasteiger partial charge in [0.2, 0.25) is 5.91 Å². The van der Waals surface area contributed by atoms with E-state index in [2.05, 4.69) is 4.98 Å². The Hall–Kier alpha value is -2.47. The summed E-state index contributed by atoms with van der Waals surface area (Å²) in [5.74, 6) is 0.549. The van der Waals surface area contributed by atoms with Crippen LogP contribution < -0.4 is 10.5 Å². The number of aromatic nitrogens is 1. The Bertz CT molecular complexity index is 812. The molecule has 1 aliphatic heterocycles. The first-order valence-corrected chi connectivity index (χ1v) is 9.38. The minimum atomic E-state index is -0.316. The Morgan fingerprint density at radius 1 is 1.37 bits per heavy atom. The van der Waals surface area contributed by atoms with Crippen LogP contribution >= 0.6 is 0 Å². The summed E-state index contributed by atoms with van der Waals surface area (Å²) in [6.45, 7) is 3.22. The highest BCUT2D eigenvalue weighted by molar-refractivity contribution is 5.80. The standard InChI is InChI=1S/C21H26FN3O2/c1-3-27-16-5-6-18(22)17(13-16)15-8-10-24-20(12-15)19(23)7-4-14-9-11-25(2)21(14)26/h5-6,8,10,12-14,19H,3-4,7,9,11,23H2,1-2H3/t14-,19+/m1/s1. The lowest BCUT2D eigenvalue weighted by atomic mass is 9.96. The van der Waals surface area contributed by atoms with Crippen molar-refractivity contribution < 1.29 is 13.9 Å². The number of pyridine rings is 1. The number of hydrogen-bond acceptors (Lipinski definition) is 4. The van der Waals surface area contributed by atoms with Crippen LogP contribution in [0.4, 0.5) is 4.39 Å². The topological polar surface area (TPSA) is 68.5 Å². The maximum Gasteiger partial charge on any atom is 0.225 e. The van der Waals surface area contributed by atoms with Crippen molar-refractivity contribution in [3.05, 3.63) is 48.0 Å². The van der Waals surface area contributed by atoms with E-state index in [9.17, 15) is 9.18 Å². The van der Waals surface area contributed by atoms with Gasteiger partial charge in [0.05, 0.1) is 12.3 Å². The molecule has 0 unspecified atom stereocenters. The minimum absolute atomic E-state index is 0.0459. The highest BCUT2D eigenvalue weighted by atomic mass is 19.1. The molecule has 144 valence electrons. The van der Waals surface area contributed by atoms with Crippen LogP contribution in [0.3, 0.4) is 0 Å². The average Bonchev–Trinajstić information content (AvgIpc) is 3.00. The van der Waals surface area contributed by atoms with Crippen LogP contribution in [0.1, 0.15) is 37.9 Å². The van der Waals surface area contributed by atoms with E-state index >= 15 is 0 Å². The second kappa shape index (κ2) is 8.48. The molecule has 0 spiro atoms. The first-order chi connectivity index (χ1) is 13.0. The van der Waals surface area contributed by atoms with Crippen molar-refractivity contribution in [3.8, 4) is 16.9 Å². The maximum atomic E-state index is 14.3. The summed E-state index contributed by atoms with van der Waals surface area (Å²) >= 11 is 0. The molecule has 2 N–H and O–H groups in total. The molecule has 2 aromatic rings. The van der Waals surface area contributed by atoms with Crippen LogP contribution in [0.25, 0.3) is 11.1 Å². The predicted octanol–water partition coefficient (Wildman–Crippen LogP) is 3.54. The molecule has 3 rings (SSSR count). The minimum Gasteiger partial charge on any atom is -0.494 e. The molecule has 5 nitrogen and oxygen atoms in total. The zero-order valence-electron chi connectivity index (χ0n) is 15.8. The fourth-order valence-corrected chi connectivity index (χ4v) is 3.49. The molecular weight excluding hydrogens is 345 g/mol. The molecule has 1 fully saturated rings. The summed E-state index contributed by atoms with van der Waals surface area (Å²) in [7, 11) is 1.83. The van der Waals surface area contributed by atoms with Crippen molar-refractivity contribution in [2.45, 2.75) is 32.2 Å². The third kappa shape index (κ3) is 4.45. The zero-order chi connectivity index (χ0) is 19.4. The molecule has 2 heterocycles. The molecule has 6 heteroatoms. The highest BCUT2D eigenvalue weighted by Crippen LogP contribution is 2.30. The number of rotatable bonds is 7. The van der Waals surface area contributed by atoms with Gasteiger partial charge in [-0.15, -0.1) is 0 Å². The Morgan fingerprint density at radius 3 is 2.89 bits per heavy atom. The molecule has 0 bridgehead atoms. The van der Waals surface area contributed by atoms with Gasteiger partial charge in [0.25, 0.3) is 0 Å². The molecule has 2 atom stereocenters. The number of halogens is 1. The first-order valence-electron chi connectivity index (χ1n) is 9.38. The average molecular weight is 371 g/mol. The number of nitrogens with two attached hydrogens (primary N) is 1. The fraction of sp³-hybridized carbons (Fsp3) is 0.429. The zero-order valence-corrected chi connectivity index (χ0v) is 15.8. The van der Waals surface area contributed by atoms with Crippen molar-refractivity contribution in [2.24, 2.45) is 11.7 Å². The van der Waals surface area contributed by atoms with Crippen LogP contribution in [-0.4, -0.2) is 36.0 Å². The van der Waals surface area contributed by atoms with E-state index in [0.717, 1.165) is 19.4 Å². The second-order valence-electron chi connectivity index (χ2n) is 6.97. The van der Waals surface area contributed by atoms with Gasteiger partial charge in [-0.2, -0.15) is 0 Å². The Morgan fingerprint density at radius 2 is 2.19 bits per heavy atom. The molecular formula is C21H26FN3O2. The molecule has 1 aromatic heterocycles. The van der Waals surface area contributed by atoms with Crippen LogP contribution in [0, 0.1) is 11.7 Å². The third-order valence-corrected chi connectivity index (χ3v) is 5.09. The van der Waals surface area contributed by atoms with E-state index < -0.39 is 0 Å². The van der Waals surface area contributed by atoms with Crippen LogP contribution in [-0.2, 0) is 4.79 Å². The number of hydrogen-bond donors (Lipinski definition) is 1. The highest BCUT2D eigenvalue weighted by Gasteiger charge is 2.29. The summed E-state index contributed by atoms with van der Waals surface area (Å²) < 4.78 is 19.8. The van der Waals surface area contributed by atoms with E-state index in [1.165, 1.54) is 6.07 Å². The van der Waals surface area contributed by atoms with Crippen molar-refractivity contribution >= 4 is 5.91 Å². The van der Waals surface area contributed by atoms with Gasteiger partial charge in [-0.25, -0.2) is 4.39 Å². The largest absolute Gasteiger partial charge is 0.494 e. The fourth-order valence-electron chi connectivity index (χ4n) is 3.49. The van der Waals surface area contributed by atoms with Crippen LogP contribution in [0.2, 0.25) is 0 Å². The summed E-state index contributed by atoms with van der Waals surface area (Å²) in [4.78, 5) is 18.2. The molecule has 0 radical (unpaired) electrons. The molecule has 1 amide bonds. The van der Waals surface area contributed by atoms with Crippen molar-refractivity contribution in [1.82, 2.24) is 9.88 Å². The predicted molar refractivity (Wildman–Crippen MR) is 103 cm³/mol. The number of likely N-dealkylation sites (tertiary alicyclic amines) is 1. The monoisotopic (exact) mass is 371 g/mol. The normalized spacial score (nSPS) is 18.0. The third-order valence-electron chi connectivity index (χ3n) is 5.09. The van der Waals surface area contributed by atoms with E-state index in [1.807, 2.05) is 20.0 Å². The number of amides is 1. The van der Waals surface area contributed by atoms with Gasteiger partial charge in [-0.05, 0) is 62.1 Å². The van der Waals surface area contributed by atoms with E-state index in [-0.39, 0.29) is 23.7 Å². The van der Waals surface area contributed by atoms with E-state index in [0.29, 0.717) is 35.6 Å². The summed E-state index contributed by atoms with van der Waals surface area (Å²) in [6.07, 6.45) is 3.93. The quantitative estimate of drug-likeness (QED) is 0.808. The number of carbonyl (C=O) groups is 1. The summed E-state index contributed by atoms with van der Waals surface area (Å²) in [6, 6.07) is 8.01. The van der Waals surface area contributed by atoms with Gasteiger partial charge >= 0.3 is 0 Å². The Kier molecular flexibility index (Phi) is 6.06. The van der Waals surface area contributed by atoms with Crippen LogP contribution in [0.15, 0.2) is 36.5 Å². The van der Waals surface area contributed by atoms with Gasteiger partial charge < -0.3 is 15.4 Å². The summed E-state index contributed by atoms with van der Waals surface area (Å²) in [5.41, 5.74) is 8.19. The first kappa shape index (κ1) is 19.3. The number of carbonyl (C=O) groups excluding carboxylic acids is 1. The van der Waals surface area contributed by atoms with Gasteiger partial charge in [0.15, 0.2) is 0 Å². The SMILES string of the molecule is CCOc1ccc(F)c(-c2ccnc([C@@H](N)CC[C@@H]3CCN(C)C3=O)c2)c1. The molecule has 1 aromatic carbocycles. The Labute approximate surface area is 159 Å². The van der Waals surface area contributed by atoms with E-state index in [1.54, 1.807) is 29.3 Å². The maximum absolute atomic E-state index is 14.3. The molecule has 27 heavy (non-hydrogen) atoms. The van der Waals surface area contributed by atoms with Gasteiger partial charge in [-0.3, -0.25) is 9.78 Å². The van der Waals surface area contributed by atoms with Crippen molar-refractivity contribution in [1.29, 1.82) is 0 Å².